The van der Waals surface area contributed by atoms with E-state index in [4.69, 9.17) is 10.5 Å². The summed E-state index contributed by atoms with van der Waals surface area (Å²) in [5.74, 6) is -0.962. The van der Waals surface area contributed by atoms with Crippen molar-refractivity contribution in [1.82, 2.24) is 10.6 Å². The lowest BCUT2D eigenvalue weighted by Crippen LogP contribution is -2.51. The zero-order valence-electron chi connectivity index (χ0n) is 20.9. The molecule has 190 valence electrons. The zero-order valence-corrected chi connectivity index (χ0v) is 20.9. The average molecular weight is 483 g/mol. The van der Waals surface area contributed by atoms with E-state index in [0.717, 1.165) is 24.0 Å². The van der Waals surface area contributed by atoms with E-state index in [-0.39, 0.29) is 30.3 Å². The molecule has 0 aliphatic carbocycles. The lowest BCUT2D eigenvalue weighted by Gasteiger charge is -2.22. The number of hydrogen-bond donors (Lipinski definition) is 4. The molecule has 5 N–H and O–H groups in total. The van der Waals surface area contributed by atoms with Gasteiger partial charge in [-0.2, -0.15) is 0 Å². The van der Waals surface area contributed by atoms with Crippen molar-refractivity contribution in [2.75, 3.05) is 18.9 Å². The molecule has 0 fully saturated rings. The molecule has 2 aromatic carbocycles. The Kier molecular flexibility index (Phi) is 11.9. The first-order valence-electron chi connectivity index (χ1n) is 12.1. The van der Waals surface area contributed by atoms with Crippen LogP contribution < -0.4 is 21.7 Å². The summed E-state index contributed by atoms with van der Waals surface area (Å²) < 4.78 is 5.23. The van der Waals surface area contributed by atoms with Gasteiger partial charge in [-0.25, -0.2) is 0 Å². The van der Waals surface area contributed by atoms with E-state index in [9.17, 15) is 14.4 Å². The number of benzene rings is 2. The second kappa shape index (κ2) is 14.9. The molecule has 2 rings (SSSR count). The van der Waals surface area contributed by atoms with Crippen LogP contribution in [-0.4, -0.2) is 43.5 Å². The van der Waals surface area contributed by atoms with Crippen LogP contribution in [0.1, 0.15) is 44.2 Å². The van der Waals surface area contributed by atoms with E-state index in [2.05, 4.69) is 16.0 Å². The molecule has 0 aliphatic heterocycles. The second-order valence-electron chi connectivity index (χ2n) is 8.83. The van der Waals surface area contributed by atoms with E-state index in [1.165, 1.54) is 0 Å². The monoisotopic (exact) mass is 482 g/mol. The fourth-order valence-corrected chi connectivity index (χ4v) is 3.44. The molecule has 0 aliphatic rings. The number of ether oxygens (including phenoxy) is 1. The lowest BCUT2D eigenvalue weighted by atomic mass is 10.0. The number of carbonyl (C=O) groups is 3. The molecule has 0 radical (unpaired) electrons. The smallest absolute Gasteiger partial charge is 0.308 e. The fraction of sp³-hybridized carbons (Fsp3) is 0.444. The Morgan fingerprint density at radius 3 is 2.17 bits per heavy atom. The van der Waals surface area contributed by atoms with Crippen LogP contribution in [0.15, 0.2) is 54.6 Å². The topological polar surface area (TPSA) is 123 Å². The molecule has 0 aromatic heterocycles. The number of unbranched alkanes of at least 4 members (excludes halogenated alkanes) is 1. The molecule has 0 unspecified atom stereocenters. The largest absolute Gasteiger partial charge is 0.461 e. The van der Waals surface area contributed by atoms with Crippen molar-refractivity contribution in [3.05, 3.63) is 65.7 Å². The normalized spacial score (nSPS) is 12.6. The highest BCUT2D eigenvalue weighted by atomic mass is 16.5. The van der Waals surface area contributed by atoms with Gasteiger partial charge < -0.3 is 26.4 Å². The minimum atomic E-state index is -0.688. The van der Waals surface area contributed by atoms with Crippen LogP contribution in [0, 0.1) is 5.92 Å². The molecule has 8 nitrogen and oxygen atoms in total. The van der Waals surface area contributed by atoms with Gasteiger partial charge in [-0.05, 0) is 62.5 Å². The minimum Gasteiger partial charge on any atom is -0.461 e. The Morgan fingerprint density at radius 2 is 1.57 bits per heavy atom. The van der Waals surface area contributed by atoms with Crippen molar-refractivity contribution in [3.8, 4) is 0 Å². The van der Waals surface area contributed by atoms with E-state index in [1.807, 2.05) is 30.3 Å². The van der Waals surface area contributed by atoms with Gasteiger partial charge in [0, 0.05) is 5.69 Å². The summed E-state index contributed by atoms with van der Waals surface area (Å²) in [6.45, 7) is 4.27. The van der Waals surface area contributed by atoms with Gasteiger partial charge in [-0.1, -0.05) is 56.3 Å². The van der Waals surface area contributed by atoms with Crippen molar-refractivity contribution >= 4 is 23.5 Å². The summed E-state index contributed by atoms with van der Waals surface area (Å²) in [6.07, 6.45) is 2.49. The number of amides is 2. The molecule has 2 aromatic rings. The van der Waals surface area contributed by atoms with Gasteiger partial charge in [-0.3, -0.25) is 14.4 Å². The summed E-state index contributed by atoms with van der Waals surface area (Å²) in [5, 5.41) is 8.83. The third-order valence-electron chi connectivity index (χ3n) is 5.60. The van der Waals surface area contributed by atoms with E-state index in [0.29, 0.717) is 25.1 Å². The molecule has 2 atom stereocenters. The van der Waals surface area contributed by atoms with Crippen LogP contribution in [0.4, 0.5) is 5.69 Å². The molecule has 0 spiro atoms. The molecule has 8 heteroatoms. The van der Waals surface area contributed by atoms with Gasteiger partial charge in [0.2, 0.25) is 11.8 Å². The van der Waals surface area contributed by atoms with Crippen LogP contribution in [0.5, 0.6) is 0 Å². The number of nitrogens with one attached hydrogen (secondary N) is 3. The highest BCUT2D eigenvalue weighted by Gasteiger charge is 2.25. The molecule has 0 bridgehead atoms. The summed E-state index contributed by atoms with van der Waals surface area (Å²) in [4.78, 5) is 37.7. The van der Waals surface area contributed by atoms with Gasteiger partial charge >= 0.3 is 5.97 Å². The summed E-state index contributed by atoms with van der Waals surface area (Å²) in [6, 6.07) is 15.7. The average Bonchev–Trinajstić information content (AvgIpc) is 2.86. The van der Waals surface area contributed by atoms with Crippen molar-refractivity contribution in [1.29, 1.82) is 0 Å². The number of nitrogens with two attached hydrogens (primary N) is 1. The Labute approximate surface area is 208 Å². The Morgan fingerprint density at radius 1 is 0.886 bits per heavy atom. The molecule has 2 amide bonds. The first-order chi connectivity index (χ1) is 16.8. The minimum absolute atomic E-state index is 0.176. The number of rotatable bonds is 14. The van der Waals surface area contributed by atoms with E-state index >= 15 is 0 Å². The van der Waals surface area contributed by atoms with E-state index < -0.39 is 12.1 Å². The number of esters is 1. The van der Waals surface area contributed by atoms with Crippen LogP contribution in [0.25, 0.3) is 0 Å². The molecule has 35 heavy (non-hydrogen) atoms. The van der Waals surface area contributed by atoms with Crippen molar-refractivity contribution in [2.24, 2.45) is 11.7 Å². The molecular formula is C27H38N4O4. The third-order valence-corrected chi connectivity index (χ3v) is 5.60. The predicted molar refractivity (Wildman–Crippen MR) is 138 cm³/mol. The maximum Gasteiger partial charge on any atom is 0.308 e. The number of likely N-dealkylation sites (N-methyl/N-ethyl adjacent to an activating group) is 1. The molecule has 0 saturated carbocycles. The van der Waals surface area contributed by atoms with Crippen LogP contribution in [0.3, 0.4) is 0 Å². The van der Waals surface area contributed by atoms with E-state index in [1.54, 1.807) is 45.2 Å². The van der Waals surface area contributed by atoms with Gasteiger partial charge in [0.05, 0.1) is 12.0 Å². The molecule has 0 saturated heterocycles. The number of hydrogen-bond acceptors (Lipinski definition) is 6. The van der Waals surface area contributed by atoms with Crippen molar-refractivity contribution in [3.63, 3.8) is 0 Å². The maximum absolute atomic E-state index is 13.0. The predicted octanol–water partition coefficient (Wildman–Crippen LogP) is 2.77. The SMILES string of the molecule is CN[C@@H](Cc1ccccc1)C(=O)N[C@@H](CCCCN)C(=O)Nc1ccc(COC(=O)C(C)C)cc1. The Bertz CT molecular complexity index is 932. The summed E-state index contributed by atoms with van der Waals surface area (Å²) in [5.41, 5.74) is 8.07. The highest BCUT2D eigenvalue weighted by Crippen LogP contribution is 2.13. The lowest BCUT2D eigenvalue weighted by molar-refractivity contribution is -0.148. The van der Waals surface area contributed by atoms with Crippen LogP contribution in [-0.2, 0) is 32.1 Å². The van der Waals surface area contributed by atoms with Gasteiger partial charge in [-0.15, -0.1) is 0 Å². The summed E-state index contributed by atoms with van der Waals surface area (Å²) in [7, 11) is 1.73. The van der Waals surface area contributed by atoms with Crippen molar-refractivity contribution in [2.45, 2.75) is 58.2 Å². The van der Waals surface area contributed by atoms with Crippen molar-refractivity contribution < 1.29 is 19.1 Å². The maximum atomic E-state index is 13.0. The highest BCUT2D eigenvalue weighted by molar-refractivity contribution is 5.97. The van der Waals surface area contributed by atoms with Gasteiger partial charge in [0.15, 0.2) is 0 Å². The van der Waals surface area contributed by atoms with Gasteiger partial charge in [0.1, 0.15) is 12.6 Å². The fourth-order valence-electron chi connectivity index (χ4n) is 3.44. The Hall–Kier alpha value is -3.23. The standard InChI is InChI=1S/C27H38N4O4/c1-19(2)27(34)35-18-21-12-14-22(15-13-21)30-25(32)23(11-7-8-16-28)31-26(33)24(29-3)17-20-9-5-4-6-10-20/h4-6,9-10,12-15,19,23-24,29H,7-8,11,16-18,28H2,1-3H3,(H,30,32)(H,31,33)/t23-,24-/m0/s1. The third kappa shape index (κ3) is 9.88. The molecule has 0 heterocycles. The Balaban J connectivity index is 2.00. The first-order valence-corrected chi connectivity index (χ1v) is 12.1. The number of anilines is 1. The molecular weight excluding hydrogens is 444 g/mol. The second-order valence-corrected chi connectivity index (χ2v) is 8.83. The quantitative estimate of drug-likeness (QED) is 0.243. The van der Waals surface area contributed by atoms with Crippen LogP contribution >= 0.6 is 0 Å². The summed E-state index contributed by atoms with van der Waals surface area (Å²) >= 11 is 0. The van der Waals surface area contributed by atoms with Crippen LogP contribution in [0.2, 0.25) is 0 Å². The first kappa shape index (κ1) is 28.0. The number of carbonyl (C=O) groups excluding carboxylic acids is 3. The zero-order chi connectivity index (χ0) is 25.6. The van der Waals surface area contributed by atoms with Gasteiger partial charge in [0.25, 0.3) is 0 Å².